The monoisotopic (exact) mass is 363 g/mol. The molecule has 0 radical (unpaired) electrons. The van der Waals surface area contributed by atoms with Crippen LogP contribution < -0.4 is 17.3 Å². The van der Waals surface area contributed by atoms with E-state index >= 15 is 0 Å². The number of ether oxygens (including phenoxy) is 1. The largest absolute Gasteiger partial charge is 1.00 e. The first kappa shape index (κ1) is 26.0. The van der Waals surface area contributed by atoms with Gasteiger partial charge in [0.05, 0.1) is 27.2 Å². The number of rotatable bonds is 17. The predicted octanol–water partition coefficient (Wildman–Crippen LogP) is 1.16. The minimum absolute atomic E-state index is 0. The zero-order chi connectivity index (χ0) is 17.2. The second-order valence-electron chi connectivity index (χ2n) is 7.17. The van der Waals surface area contributed by atoms with Crippen LogP contribution in [0.5, 0.6) is 0 Å². The molecule has 0 saturated carbocycles. The highest BCUT2D eigenvalue weighted by Gasteiger charge is 2.03. The Morgan fingerprint density at radius 1 is 0.750 bits per heavy atom. The van der Waals surface area contributed by atoms with Crippen molar-refractivity contribution in [3.05, 3.63) is 0 Å². The van der Waals surface area contributed by atoms with Gasteiger partial charge >= 0.3 is 5.97 Å². The van der Waals surface area contributed by atoms with Crippen LogP contribution in [0.2, 0.25) is 0 Å². The van der Waals surface area contributed by atoms with Crippen molar-refractivity contribution in [3.63, 3.8) is 0 Å². The molecule has 1 N–H and O–H groups in total. The summed E-state index contributed by atoms with van der Waals surface area (Å²) in [5.74, 6) is -0.00174. The summed E-state index contributed by atoms with van der Waals surface area (Å²) in [6, 6.07) is 0. The van der Waals surface area contributed by atoms with Crippen molar-refractivity contribution in [2.24, 2.45) is 0 Å². The third-order valence-corrected chi connectivity index (χ3v) is 4.32. The molecule has 0 bridgehead atoms. The molecule has 0 aromatic rings. The first-order valence-electron chi connectivity index (χ1n) is 10.1. The number of unbranched alkanes of at least 4 members (excludes halogenated alkanes) is 11. The summed E-state index contributed by atoms with van der Waals surface area (Å²) in [6.07, 6.45) is 17.1. The molecule has 0 amide bonds. The van der Waals surface area contributed by atoms with Crippen LogP contribution >= 0.6 is 0 Å². The van der Waals surface area contributed by atoms with E-state index < -0.39 is 0 Å². The van der Waals surface area contributed by atoms with E-state index in [9.17, 15) is 4.79 Å². The van der Waals surface area contributed by atoms with Gasteiger partial charge in [-0.3, -0.25) is 4.79 Å². The first-order valence-corrected chi connectivity index (χ1v) is 10.1. The Morgan fingerprint density at radius 2 is 1.25 bits per heavy atom. The van der Waals surface area contributed by atoms with Crippen LogP contribution in [-0.2, 0) is 9.53 Å². The molecule has 0 fully saturated rings. The first-order chi connectivity index (χ1) is 11.2. The molecule has 0 heterocycles. The fraction of sp³-hybridized carbons (Fsp3) is 0.950. The van der Waals surface area contributed by atoms with Gasteiger partial charge in [0.1, 0.15) is 0 Å². The number of hydrogen-bond donors (Lipinski definition) is 1. The molecule has 24 heavy (non-hydrogen) atoms. The van der Waals surface area contributed by atoms with Crippen molar-refractivity contribution < 1.29 is 26.8 Å². The number of halogens is 1. The molecule has 3 nitrogen and oxygen atoms in total. The Kier molecular flexibility index (Phi) is 22.5. The van der Waals surface area contributed by atoms with Gasteiger partial charge in [0.15, 0.2) is 0 Å². The summed E-state index contributed by atoms with van der Waals surface area (Å²) in [5.41, 5.74) is 0. The molecular weight excluding hydrogens is 322 g/mol. The van der Waals surface area contributed by atoms with Gasteiger partial charge in [0.25, 0.3) is 0 Å². The van der Waals surface area contributed by atoms with E-state index in [0.29, 0.717) is 13.0 Å². The SMILES string of the molecule is CCCCCCCCCCCCOC(=O)CCCCC[NH+](C)C.[Cl-]. The van der Waals surface area contributed by atoms with E-state index in [2.05, 4.69) is 21.0 Å². The molecule has 0 unspecified atom stereocenters. The Bertz CT molecular complexity index is 260. The van der Waals surface area contributed by atoms with Crippen molar-refractivity contribution in [2.75, 3.05) is 27.2 Å². The summed E-state index contributed by atoms with van der Waals surface area (Å²) in [4.78, 5) is 13.1. The number of esters is 1. The maximum absolute atomic E-state index is 11.6. The summed E-state index contributed by atoms with van der Waals surface area (Å²) in [5, 5.41) is 0. The number of nitrogens with one attached hydrogen (secondary N) is 1. The molecule has 0 aromatic heterocycles. The van der Waals surface area contributed by atoms with E-state index in [0.717, 1.165) is 19.3 Å². The van der Waals surface area contributed by atoms with Gasteiger partial charge < -0.3 is 22.0 Å². The van der Waals surface area contributed by atoms with Crippen LogP contribution in [0.4, 0.5) is 0 Å². The normalized spacial score (nSPS) is 10.7. The number of quaternary nitrogens is 1. The quantitative estimate of drug-likeness (QED) is 0.310. The third kappa shape index (κ3) is 21.7. The van der Waals surface area contributed by atoms with Gasteiger partial charge in [-0.2, -0.15) is 0 Å². The Balaban J connectivity index is 0. The third-order valence-electron chi connectivity index (χ3n) is 4.32. The predicted molar refractivity (Wildman–Crippen MR) is 98.9 cm³/mol. The lowest BCUT2D eigenvalue weighted by Gasteiger charge is -2.07. The van der Waals surface area contributed by atoms with Gasteiger partial charge in [0, 0.05) is 6.42 Å². The molecule has 0 aliphatic rings. The van der Waals surface area contributed by atoms with Crippen molar-refractivity contribution in [1.29, 1.82) is 0 Å². The molecule has 4 heteroatoms. The second kappa shape index (κ2) is 20.8. The van der Waals surface area contributed by atoms with Crippen LogP contribution in [0.25, 0.3) is 0 Å². The van der Waals surface area contributed by atoms with Gasteiger partial charge in [-0.05, 0) is 25.7 Å². The van der Waals surface area contributed by atoms with Crippen LogP contribution in [-0.4, -0.2) is 33.2 Å². The fourth-order valence-corrected chi connectivity index (χ4v) is 2.77. The standard InChI is InChI=1S/C20H41NO2.ClH/c1-4-5-6-7-8-9-10-11-12-16-19-23-20(22)17-14-13-15-18-21(2)3;/h4-19H2,1-3H3;1H. The molecule has 0 saturated heterocycles. The second-order valence-corrected chi connectivity index (χ2v) is 7.17. The summed E-state index contributed by atoms with van der Waals surface area (Å²) < 4.78 is 5.30. The topological polar surface area (TPSA) is 30.7 Å². The highest BCUT2D eigenvalue weighted by atomic mass is 35.5. The molecular formula is C20H42ClNO2. The van der Waals surface area contributed by atoms with Gasteiger partial charge in [-0.15, -0.1) is 0 Å². The minimum atomic E-state index is -0.00174. The zero-order valence-electron chi connectivity index (χ0n) is 16.5. The molecule has 146 valence electrons. The highest BCUT2D eigenvalue weighted by Crippen LogP contribution is 2.10. The van der Waals surface area contributed by atoms with Gasteiger partial charge in [-0.25, -0.2) is 0 Å². The Labute approximate surface area is 157 Å². The van der Waals surface area contributed by atoms with Crippen LogP contribution in [0, 0.1) is 0 Å². The lowest BCUT2D eigenvalue weighted by molar-refractivity contribution is -0.858. The van der Waals surface area contributed by atoms with E-state index in [-0.39, 0.29) is 18.4 Å². The van der Waals surface area contributed by atoms with E-state index in [1.165, 1.54) is 75.7 Å². The van der Waals surface area contributed by atoms with Crippen molar-refractivity contribution in [1.82, 2.24) is 0 Å². The molecule has 0 atom stereocenters. The smallest absolute Gasteiger partial charge is 0.305 e. The van der Waals surface area contributed by atoms with E-state index in [1.54, 1.807) is 0 Å². The molecule has 0 aliphatic carbocycles. The Hall–Kier alpha value is -0.280. The van der Waals surface area contributed by atoms with Crippen LogP contribution in [0.3, 0.4) is 0 Å². The van der Waals surface area contributed by atoms with Gasteiger partial charge in [-0.1, -0.05) is 64.7 Å². The van der Waals surface area contributed by atoms with Crippen molar-refractivity contribution in [3.8, 4) is 0 Å². The van der Waals surface area contributed by atoms with Crippen molar-refractivity contribution in [2.45, 2.75) is 96.8 Å². The summed E-state index contributed by atoms with van der Waals surface area (Å²) in [7, 11) is 4.33. The lowest BCUT2D eigenvalue weighted by atomic mass is 10.1. The lowest BCUT2D eigenvalue weighted by Crippen LogP contribution is -3.05. The van der Waals surface area contributed by atoms with Crippen LogP contribution in [0.15, 0.2) is 0 Å². The maximum Gasteiger partial charge on any atom is 0.305 e. The maximum atomic E-state index is 11.6. The average Bonchev–Trinajstić information content (AvgIpc) is 2.52. The van der Waals surface area contributed by atoms with Crippen LogP contribution in [0.1, 0.15) is 96.8 Å². The minimum Gasteiger partial charge on any atom is -1.00 e. The fourth-order valence-electron chi connectivity index (χ4n) is 2.77. The highest BCUT2D eigenvalue weighted by molar-refractivity contribution is 5.69. The Morgan fingerprint density at radius 3 is 1.79 bits per heavy atom. The zero-order valence-corrected chi connectivity index (χ0v) is 17.3. The van der Waals surface area contributed by atoms with E-state index in [4.69, 9.17) is 4.74 Å². The average molecular weight is 364 g/mol. The number of carbonyl (C=O) groups excluding carboxylic acids is 1. The molecule has 0 aromatic carbocycles. The van der Waals surface area contributed by atoms with E-state index in [1.807, 2.05) is 0 Å². The molecule has 0 rings (SSSR count). The summed E-state index contributed by atoms with van der Waals surface area (Å²) in [6.45, 7) is 4.07. The van der Waals surface area contributed by atoms with Gasteiger partial charge in [0.2, 0.25) is 0 Å². The molecule has 0 spiro atoms. The molecule has 0 aliphatic heterocycles. The summed E-state index contributed by atoms with van der Waals surface area (Å²) >= 11 is 0. The number of hydrogen-bond acceptors (Lipinski definition) is 2. The van der Waals surface area contributed by atoms with Crippen molar-refractivity contribution >= 4 is 5.97 Å². The number of carbonyl (C=O) groups is 1.